The Bertz CT molecular complexity index is 394. The van der Waals surface area contributed by atoms with Crippen LogP contribution in [-0.4, -0.2) is 55.7 Å². The van der Waals surface area contributed by atoms with Gasteiger partial charge in [0.15, 0.2) is 18.5 Å². The first-order chi connectivity index (χ1) is 9.85. The van der Waals surface area contributed by atoms with Gasteiger partial charge in [-0.3, -0.25) is 14.4 Å². The summed E-state index contributed by atoms with van der Waals surface area (Å²) in [5.41, 5.74) is 0. The molecular weight excluding hydrogens is 284 g/mol. The van der Waals surface area contributed by atoms with Gasteiger partial charge in [0.25, 0.3) is 0 Å². The minimum Gasteiger partial charge on any atom is -0.463 e. The number of hydrogen-bond acceptors (Lipinski definition) is 8. The number of carbonyl (C=O) groups is 3. The van der Waals surface area contributed by atoms with Gasteiger partial charge in [0, 0.05) is 27.4 Å². The van der Waals surface area contributed by atoms with E-state index < -0.39 is 42.5 Å². The van der Waals surface area contributed by atoms with Crippen molar-refractivity contribution in [2.75, 3.05) is 13.2 Å². The van der Waals surface area contributed by atoms with Gasteiger partial charge in [-0.25, -0.2) is 0 Å². The molecule has 1 fully saturated rings. The van der Waals surface area contributed by atoms with Gasteiger partial charge >= 0.3 is 17.9 Å². The molecule has 0 N–H and O–H groups in total. The van der Waals surface area contributed by atoms with Crippen LogP contribution < -0.4 is 0 Å². The molecule has 0 radical (unpaired) electrons. The van der Waals surface area contributed by atoms with E-state index in [1.54, 1.807) is 6.92 Å². The second kappa shape index (κ2) is 7.94. The molecule has 0 saturated carbocycles. The fourth-order valence-electron chi connectivity index (χ4n) is 1.97. The van der Waals surface area contributed by atoms with Gasteiger partial charge < -0.3 is 23.7 Å². The molecule has 0 bridgehead atoms. The van der Waals surface area contributed by atoms with Crippen LogP contribution in [0.5, 0.6) is 0 Å². The molecule has 8 nitrogen and oxygen atoms in total. The molecule has 21 heavy (non-hydrogen) atoms. The molecule has 1 heterocycles. The van der Waals surface area contributed by atoms with Crippen molar-refractivity contribution in [3.8, 4) is 0 Å². The van der Waals surface area contributed by atoms with Crippen molar-refractivity contribution < 1.29 is 38.1 Å². The lowest BCUT2D eigenvalue weighted by Gasteiger charge is -2.22. The number of hydrogen-bond donors (Lipinski definition) is 0. The monoisotopic (exact) mass is 304 g/mol. The first-order valence-corrected chi connectivity index (χ1v) is 6.60. The molecule has 0 aromatic carbocycles. The lowest BCUT2D eigenvalue weighted by molar-refractivity contribution is -0.188. The van der Waals surface area contributed by atoms with Gasteiger partial charge in [-0.2, -0.15) is 0 Å². The second-order valence-electron chi connectivity index (χ2n) is 4.45. The Morgan fingerprint density at radius 1 is 0.952 bits per heavy atom. The molecule has 1 rings (SSSR count). The Labute approximate surface area is 122 Å². The molecular formula is C13H20O8. The maximum absolute atomic E-state index is 11.2. The Kier molecular flexibility index (Phi) is 6.57. The van der Waals surface area contributed by atoms with Crippen molar-refractivity contribution >= 4 is 17.9 Å². The molecule has 1 aliphatic heterocycles. The zero-order valence-electron chi connectivity index (χ0n) is 12.5. The summed E-state index contributed by atoms with van der Waals surface area (Å²) in [4.78, 5) is 33.3. The van der Waals surface area contributed by atoms with Gasteiger partial charge in [0.2, 0.25) is 0 Å². The summed E-state index contributed by atoms with van der Waals surface area (Å²) < 4.78 is 26.0. The van der Waals surface area contributed by atoms with Crippen LogP contribution in [0.3, 0.4) is 0 Å². The number of ether oxygens (including phenoxy) is 5. The topological polar surface area (TPSA) is 97.4 Å². The van der Waals surface area contributed by atoms with E-state index in [2.05, 4.69) is 0 Å². The van der Waals surface area contributed by atoms with Crippen LogP contribution in [0.25, 0.3) is 0 Å². The molecule has 0 aromatic rings. The predicted molar refractivity (Wildman–Crippen MR) is 68.0 cm³/mol. The molecule has 0 spiro atoms. The predicted octanol–water partition coefficient (Wildman–Crippen LogP) is 0.174. The van der Waals surface area contributed by atoms with Crippen molar-refractivity contribution in [1.29, 1.82) is 0 Å². The SMILES string of the molecule is CCOC1O[C@H](COC(C)=O)[C@@H](OC(C)=O)[C@H]1OC(C)=O. The molecule has 0 aliphatic carbocycles. The summed E-state index contributed by atoms with van der Waals surface area (Å²) in [6.45, 7) is 5.63. The number of esters is 3. The highest BCUT2D eigenvalue weighted by molar-refractivity contribution is 5.67. The third kappa shape index (κ3) is 5.31. The Hall–Kier alpha value is -1.67. The summed E-state index contributed by atoms with van der Waals surface area (Å²) in [6, 6.07) is 0. The van der Waals surface area contributed by atoms with Gasteiger partial charge in [0.05, 0.1) is 0 Å². The first kappa shape index (κ1) is 17.4. The highest BCUT2D eigenvalue weighted by Crippen LogP contribution is 2.28. The third-order valence-electron chi connectivity index (χ3n) is 2.65. The summed E-state index contributed by atoms with van der Waals surface area (Å²) in [5.74, 6) is -1.62. The van der Waals surface area contributed by atoms with E-state index >= 15 is 0 Å². The van der Waals surface area contributed by atoms with Crippen LogP contribution in [0.1, 0.15) is 27.7 Å². The van der Waals surface area contributed by atoms with Gasteiger partial charge in [-0.05, 0) is 6.92 Å². The lowest BCUT2D eigenvalue weighted by Crippen LogP contribution is -2.41. The molecule has 0 amide bonds. The minimum atomic E-state index is -0.910. The average molecular weight is 304 g/mol. The zero-order chi connectivity index (χ0) is 16.0. The van der Waals surface area contributed by atoms with E-state index in [1.807, 2.05) is 0 Å². The van der Waals surface area contributed by atoms with Gasteiger partial charge in [-0.15, -0.1) is 0 Å². The average Bonchev–Trinajstić information content (AvgIpc) is 2.65. The van der Waals surface area contributed by atoms with Crippen LogP contribution in [0.15, 0.2) is 0 Å². The quantitative estimate of drug-likeness (QED) is 0.506. The van der Waals surface area contributed by atoms with Crippen LogP contribution in [-0.2, 0) is 38.1 Å². The van der Waals surface area contributed by atoms with Crippen LogP contribution in [0.4, 0.5) is 0 Å². The second-order valence-corrected chi connectivity index (χ2v) is 4.45. The minimum absolute atomic E-state index is 0.130. The van der Waals surface area contributed by atoms with Gasteiger partial charge in [-0.1, -0.05) is 0 Å². The fraction of sp³-hybridized carbons (Fsp3) is 0.769. The summed E-state index contributed by atoms with van der Waals surface area (Å²) in [5, 5.41) is 0. The Balaban J connectivity index is 2.87. The van der Waals surface area contributed by atoms with Gasteiger partial charge in [0.1, 0.15) is 12.7 Å². The molecule has 120 valence electrons. The normalized spacial score (nSPS) is 28.0. The third-order valence-corrected chi connectivity index (χ3v) is 2.65. The van der Waals surface area contributed by atoms with Crippen molar-refractivity contribution in [2.45, 2.75) is 52.3 Å². The van der Waals surface area contributed by atoms with Crippen molar-refractivity contribution in [3.05, 3.63) is 0 Å². The van der Waals surface area contributed by atoms with E-state index in [9.17, 15) is 14.4 Å². The van der Waals surface area contributed by atoms with Crippen molar-refractivity contribution in [2.24, 2.45) is 0 Å². The Morgan fingerprint density at radius 3 is 2.00 bits per heavy atom. The zero-order valence-corrected chi connectivity index (χ0v) is 12.5. The van der Waals surface area contributed by atoms with E-state index in [0.717, 1.165) is 0 Å². The summed E-state index contributed by atoms with van der Waals surface area (Å²) >= 11 is 0. The maximum atomic E-state index is 11.2. The van der Waals surface area contributed by atoms with Crippen molar-refractivity contribution in [1.82, 2.24) is 0 Å². The molecule has 4 atom stereocenters. The van der Waals surface area contributed by atoms with Crippen molar-refractivity contribution in [3.63, 3.8) is 0 Å². The molecule has 0 aromatic heterocycles. The molecule has 8 heteroatoms. The lowest BCUT2D eigenvalue weighted by atomic mass is 10.1. The fourth-order valence-corrected chi connectivity index (χ4v) is 1.97. The summed E-state index contributed by atoms with van der Waals surface area (Å²) in [6.07, 6.45) is -3.46. The van der Waals surface area contributed by atoms with E-state index in [4.69, 9.17) is 23.7 Å². The number of rotatable bonds is 6. The largest absolute Gasteiger partial charge is 0.463 e. The first-order valence-electron chi connectivity index (χ1n) is 6.60. The molecule has 1 aliphatic rings. The van der Waals surface area contributed by atoms with Crippen LogP contribution >= 0.6 is 0 Å². The standard InChI is InChI=1S/C13H20O8/c1-5-17-13-12(20-9(4)16)11(19-8(3)15)10(21-13)6-18-7(2)14/h10-13H,5-6H2,1-4H3/t10-,11-,12-,13?/m1/s1. The van der Waals surface area contributed by atoms with E-state index in [0.29, 0.717) is 6.61 Å². The van der Waals surface area contributed by atoms with Crippen LogP contribution in [0, 0.1) is 0 Å². The number of carbonyl (C=O) groups excluding carboxylic acids is 3. The maximum Gasteiger partial charge on any atom is 0.303 e. The van der Waals surface area contributed by atoms with E-state index in [1.165, 1.54) is 20.8 Å². The molecule has 1 saturated heterocycles. The smallest absolute Gasteiger partial charge is 0.303 e. The molecule has 1 unspecified atom stereocenters. The van der Waals surface area contributed by atoms with Crippen LogP contribution in [0.2, 0.25) is 0 Å². The highest BCUT2D eigenvalue weighted by atomic mass is 16.7. The summed E-state index contributed by atoms with van der Waals surface area (Å²) in [7, 11) is 0. The van der Waals surface area contributed by atoms with E-state index in [-0.39, 0.29) is 6.61 Å². The Morgan fingerprint density at radius 2 is 1.52 bits per heavy atom. The highest BCUT2D eigenvalue weighted by Gasteiger charge is 2.50.